The standard InChI is InChI=1S/C12H15FO2/c1-7-4-9(3)10(5-8(7)2)6-11(13)12(14)15/h4-5,11H,6H2,1-3H3,(H,14,15). The zero-order valence-electron chi connectivity index (χ0n) is 9.17. The van der Waals surface area contributed by atoms with E-state index >= 15 is 0 Å². The Kier molecular flexibility index (Phi) is 3.45. The van der Waals surface area contributed by atoms with Crippen LogP contribution in [0.2, 0.25) is 0 Å². The van der Waals surface area contributed by atoms with Gasteiger partial charge < -0.3 is 5.11 Å². The van der Waals surface area contributed by atoms with Gasteiger partial charge in [0, 0.05) is 6.42 Å². The van der Waals surface area contributed by atoms with Crippen molar-refractivity contribution in [2.75, 3.05) is 0 Å². The summed E-state index contributed by atoms with van der Waals surface area (Å²) in [5.74, 6) is -1.40. The molecule has 0 aromatic heterocycles. The number of benzene rings is 1. The molecular formula is C12H15FO2. The number of hydrogen-bond donors (Lipinski definition) is 1. The lowest BCUT2D eigenvalue weighted by Gasteiger charge is -2.10. The third-order valence-electron chi connectivity index (χ3n) is 2.62. The number of aryl methyl sites for hydroxylation is 3. The lowest BCUT2D eigenvalue weighted by Crippen LogP contribution is -2.17. The molecule has 1 aromatic carbocycles. The van der Waals surface area contributed by atoms with Crippen molar-refractivity contribution in [2.45, 2.75) is 33.4 Å². The maximum Gasteiger partial charge on any atom is 0.338 e. The van der Waals surface area contributed by atoms with Crippen molar-refractivity contribution in [1.29, 1.82) is 0 Å². The summed E-state index contributed by atoms with van der Waals surface area (Å²) in [4.78, 5) is 10.4. The molecular weight excluding hydrogens is 195 g/mol. The molecule has 0 saturated carbocycles. The Morgan fingerprint density at radius 2 is 1.80 bits per heavy atom. The number of halogens is 1. The number of hydrogen-bond acceptors (Lipinski definition) is 1. The Hall–Kier alpha value is -1.38. The van der Waals surface area contributed by atoms with Crippen molar-refractivity contribution in [3.8, 4) is 0 Å². The lowest BCUT2D eigenvalue weighted by atomic mass is 9.97. The number of rotatable bonds is 3. The molecule has 1 atom stereocenters. The van der Waals surface area contributed by atoms with E-state index in [2.05, 4.69) is 0 Å². The van der Waals surface area contributed by atoms with Gasteiger partial charge in [0.05, 0.1) is 0 Å². The molecule has 15 heavy (non-hydrogen) atoms. The smallest absolute Gasteiger partial charge is 0.338 e. The molecule has 1 unspecified atom stereocenters. The second kappa shape index (κ2) is 4.43. The lowest BCUT2D eigenvalue weighted by molar-refractivity contribution is -0.142. The van der Waals surface area contributed by atoms with Crippen LogP contribution in [0.25, 0.3) is 0 Å². The van der Waals surface area contributed by atoms with Crippen molar-refractivity contribution < 1.29 is 14.3 Å². The van der Waals surface area contributed by atoms with Crippen LogP contribution in [-0.2, 0) is 11.2 Å². The predicted molar refractivity (Wildman–Crippen MR) is 56.9 cm³/mol. The predicted octanol–water partition coefficient (Wildman–Crippen LogP) is 2.58. The average molecular weight is 210 g/mol. The first-order valence-electron chi connectivity index (χ1n) is 4.85. The van der Waals surface area contributed by atoms with Crippen molar-refractivity contribution >= 4 is 5.97 Å². The van der Waals surface area contributed by atoms with E-state index < -0.39 is 12.1 Å². The second-order valence-electron chi connectivity index (χ2n) is 3.87. The van der Waals surface area contributed by atoms with E-state index in [4.69, 9.17) is 5.11 Å². The quantitative estimate of drug-likeness (QED) is 0.832. The van der Waals surface area contributed by atoms with E-state index in [0.717, 1.165) is 22.3 Å². The van der Waals surface area contributed by atoms with Gasteiger partial charge in [-0.05, 0) is 43.0 Å². The summed E-state index contributed by atoms with van der Waals surface area (Å²) in [5.41, 5.74) is 3.92. The molecule has 0 aliphatic carbocycles. The number of carboxylic acid groups (broad SMARTS) is 1. The van der Waals surface area contributed by atoms with Gasteiger partial charge in [-0.25, -0.2) is 9.18 Å². The SMILES string of the molecule is Cc1cc(C)c(CC(F)C(=O)O)cc1C. The summed E-state index contributed by atoms with van der Waals surface area (Å²) in [6.07, 6.45) is -1.87. The van der Waals surface area contributed by atoms with Crippen LogP contribution in [0.4, 0.5) is 4.39 Å². The van der Waals surface area contributed by atoms with E-state index in [1.54, 1.807) is 0 Å². The average Bonchev–Trinajstić information content (AvgIpc) is 2.13. The van der Waals surface area contributed by atoms with Crippen LogP contribution in [0, 0.1) is 20.8 Å². The van der Waals surface area contributed by atoms with Crippen LogP contribution in [0.1, 0.15) is 22.3 Å². The zero-order valence-corrected chi connectivity index (χ0v) is 9.17. The molecule has 2 nitrogen and oxygen atoms in total. The number of alkyl halides is 1. The minimum Gasteiger partial charge on any atom is -0.479 e. The highest BCUT2D eigenvalue weighted by Gasteiger charge is 2.17. The van der Waals surface area contributed by atoms with Gasteiger partial charge in [0.2, 0.25) is 6.17 Å². The van der Waals surface area contributed by atoms with Gasteiger partial charge in [0.25, 0.3) is 0 Å². The maximum absolute atomic E-state index is 13.0. The zero-order chi connectivity index (χ0) is 11.6. The van der Waals surface area contributed by atoms with E-state index in [1.807, 2.05) is 32.9 Å². The molecule has 3 heteroatoms. The fourth-order valence-electron chi connectivity index (χ4n) is 1.52. The Labute approximate surface area is 88.7 Å². The molecule has 0 spiro atoms. The minimum absolute atomic E-state index is 0.0533. The number of aliphatic carboxylic acids is 1. The number of carboxylic acids is 1. The van der Waals surface area contributed by atoms with Gasteiger partial charge in [0.15, 0.2) is 0 Å². The van der Waals surface area contributed by atoms with Gasteiger partial charge in [-0.15, -0.1) is 0 Å². The monoisotopic (exact) mass is 210 g/mol. The van der Waals surface area contributed by atoms with Crippen molar-refractivity contribution in [3.05, 3.63) is 34.4 Å². The van der Waals surface area contributed by atoms with Gasteiger partial charge >= 0.3 is 5.97 Å². The Bertz CT molecular complexity index is 385. The molecule has 0 aliphatic rings. The summed E-state index contributed by atoms with van der Waals surface area (Å²) < 4.78 is 13.0. The molecule has 0 amide bonds. The fraction of sp³-hybridized carbons (Fsp3) is 0.417. The first kappa shape index (κ1) is 11.7. The van der Waals surface area contributed by atoms with Crippen molar-refractivity contribution in [2.24, 2.45) is 0 Å². The highest BCUT2D eigenvalue weighted by molar-refractivity contribution is 5.72. The Balaban J connectivity index is 2.95. The summed E-state index contributed by atoms with van der Waals surface area (Å²) >= 11 is 0. The first-order chi connectivity index (χ1) is 6.91. The molecule has 0 aliphatic heterocycles. The largest absolute Gasteiger partial charge is 0.479 e. The van der Waals surface area contributed by atoms with Crippen LogP contribution >= 0.6 is 0 Å². The van der Waals surface area contributed by atoms with Gasteiger partial charge in [-0.1, -0.05) is 12.1 Å². The highest BCUT2D eigenvalue weighted by Crippen LogP contribution is 2.17. The van der Waals surface area contributed by atoms with Crippen molar-refractivity contribution in [3.63, 3.8) is 0 Å². The van der Waals surface area contributed by atoms with E-state index in [0.29, 0.717) is 0 Å². The minimum atomic E-state index is -1.81. The van der Waals surface area contributed by atoms with E-state index in [1.165, 1.54) is 0 Å². The third kappa shape index (κ3) is 2.78. The second-order valence-corrected chi connectivity index (χ2v) is 3.87. The maximum atomic E-state index is 13.0. The molecule has 1 N–H and O–H groups in total. The molecule has 0 saturated heterocycles. The molecule has 0 bridgehead atoms. The summed E-state index contributed by atoms with van der Waals surface area (Å²) in [7, 11) is 0. The topological polar surface area (TPSA) is 37.3 Å². The molecule has 0 fully saturated rings. The Morgan fingerprint density at radius 3 is 2.33 bits per heavy atom. The number of carbonyl (C=O) groups is 1. The summed E-state index contributed by atoms with van der Waals surface area (Å²) in [6.45, 7) is 5.79. The van der Waals surface area contributed by atoms with Gasteiger partial charge in [0.1, 0.15) is 0 Å². The van der Waals surface area contributed by atoms with Gasteiger partial charge in [-0.2, -0.15) is 0 Å². The molecule has 82 valence electrons. The van der Waals surface area contributed by atoms with Crippen LogP contribution in [-0.4, -0.2) is 17.2 Å². The summed E-state index contributed by atoms with van der Waals surface area (Å²) in [6, 6.07) is 3.82. The highest BCUT2D eigenvalue weighted by atomic mass is 19.1. The van der Waals surface area contributed by atoms with Crippen LogP contribution < -0.4 is 0 Å². The van der Waals surface area contributed by atoms with E-state index in [-0.39, 0.29) is 6.42 Å². The fourth-order valence-corrected chi connectivity index (χ4v) is 1.52. The van der Waals surface area contributed by atoms with Crippen molar-refractivity contribution in [1.82, 2.24) is 0 Å². The van der Waals surface area contributed by atoms with Crippen LogP contribution in [0.15, 0.2) is 12.1 Å². The van der Waals surface area contributed by atoms with Crippen LogP contribution in [0.5, 0.6) is 0 Å². The third-order valence-corrected chi connectivity index (χ3v) is 2.62. The Morgan fingerprint density at radius 1 is 1.27 bits per heavy atom. The molecule has 0 radical (unpaired) electrons. The van der Waals surface area contributed by atoms with E-state index in [9.17, 15) is 9.18 Å². The molecule has 1 aromatic rings. The normalized spacial score (nSPS) is 12.5. The molecule has 1 rings (SSSR count). The molecule has 0 heterocycles. The first-order valence-corrected chi connectivity index (χ1v) is 4.85. The summed E-state index contributed by atoms with van der Waals surface area (Å²) in [5, 5.41) is 8.48. The van der Waals surface area contributed by atoms with Gasteiger partial charge in [-0.3, -0.25) is 0 Å². The van der Waals surface area contributed by atoms with Crippen LogP contribution in [0.3, 0.4) is 0 Å².